The molecule has 0 fully saturated rings. The molecule has 0 radical (unpaired) electrons. The Kier molecular flexibility index (Phi) is 6.98. The number of carbonyl (C=O) groups excluding carboxylic acids is 1. The van der Waals surface area contributed by atoms with Crippen LogP contribution >= 0.6 is 0 Å². The first-order valence-corrected chi connectivity index (χ1v) is 11.6. The van der Waals surface area contributed by atoms with E-state index in [1.807, 2.05) is 48.5 Å². The normalized spacial score (nSPS) is 10.9. The molecular formula is C27H23FN6O3. The molecule has 37 heavy (non-hydrogen) atoms. The molecule has 10 heteroatoms. The van der Waals surface area contributed by atoms with E-state index in [1.165, 1.54) is 6.07 Å². The van der Waals surface area contributed by atoms with Crippen LogP contribution in [0.4, 0.5) is 14.9 Å². The number of H-pyrrole nitrogens is 1. The Morgan fingerprint density at radius 3 is 2.41 bits per heavy atom. The van der Waals surface area contributed by atoms with Crippen LogP contribution in [0.25, 0.3) is 22.4 Å². The summed E-state index contributed by atoms with van der Waals surface area (Å²) in [5.41, 5.74) is 5.33. The van der Waals surface area contributed by atoms with E-state index in [0.29, 0.717) is 35.0 Å². The number of amides is 1. The third-order valence-electron chi connectivity index (χ3n) is 5.85. The van der Waals surface area contributed by atoms with Crippen LogP contribution in [0.2, 0.25) is 0 Å². The smallest absolute Gasteiger partial charge is 0.411 e. The Hall–Kier alpha value is -4.86. The minimum absolute atomic E-state index is 0.0367. The van der Waals surface area contributed by atoms with Crippen LogP contribution in [0, 0.1) is 12.7 Å². The summed E-state index contributed by atoms with van der Waals surface area (Å²) in [6.45, 7) is 1.74. The number of aromatic amines is 1. The van der Waals surface area contributed by atoms with Crippen molar-refractivity contribution in [3.05, 3.63) is 101 Å². The Bertz CT molecular complexity index is 1480. The fraction of sp³-hybridized carbons (Fsp3) is 0.148. The average Bonchev–Trinajstić information content (AvgIpc) is 3.56. The van der Waals surface area contributed by atoms with Crippen LogP contribution in [0.15, 0.2) is 77.3 Å². The van der Waals surface area contributed by atoms with Gasteiger partial charge in [-0.2, -0.15) is 5.21 Å². The molecule has 2 aromatic heterocycles. The van der Waals surface area contributed by atoms with Crippen molar-refractivity contribution in [2.24, 2.45) is 0 Å². The van der Waals surface area contributed by atoms with Crippen molar-refractivity contribution >= 4 is 11.8 Å². The molecule has 9 nitrogen and oxygen atoms in total. The summed E-state index contributed by atoms with van der Waals surface area (Å²) in [7, 11) is 0. The molecule has 2 heterocycles. The Morgan fingerprint density at radius 2 is 1.70 bits per heavy atom. The van der Waals surface area contributed by atoms with Gasteiger partial charge in [0.2, 0.25) is 0 Å². The second-order valence-corrected chi connectivity index (χ2v) is 8.34. The second kappa shape index (κ2) is 10.8. The molecule has 2 N–H and O–H groups in total. The van der Waals surface area contributed by atoms with Gasteiger partial charge in [0.1, 0.15) is 17.2 Å². The van der Waals surface area contributed by atoms with Gasteiger partial charge in [0, 0.05) is 18.4 Å². The molecule has 0 atom stereocenters. The van der Waals surface area contributed by atoms with E-state index in [0.717, 1.165) is 22.3 Å². The van der Waals surface area contributed by atoms with Gasteiger partial charge in [0.15, 0.2) is 11.6 Å². The van der Waals surface area contributed by atoms with Crippen molar-refractivity contribution in [1.29, 1.82) is 0 Å². The summed E-state index contributed by atoms with van der Waals surface area (Å²) < 4.78 is 24.3. The van der Waals surface area contributed by atoms with Gasteiger partial charge < -0.3 is 9.26 Å². The molecule has 0 saturated heterocycles. The number of ether oxygens (including phenoxy) is 1. The van der Waals surface area contributed by atoms with Crippen LogP contribution in [-0.2, 0) is 17.6 Å². The van der Waals surface area contributed by atoms with Crippen molar-refractivity contribution in [3.8, 4) is 22.4 Å². The molecular weight excluding hydrogens is 475 g/mol. The number of tetrazole rings is 1. The highest BCUT2D eigenvalue weighted by atomic mass is 19.1. The van der Waals surface area contributed by atoms with Crippen LogP contribution in [0.3, 0.4) is 0 Å². The third kappa shape index (κ3) is 5.69. The molecule has 5 aromatic rings. The Balaban J connectivity index is 1.23. The monoisotopic (exact) mass is 498 g/mol. The van der Waals surface area contributed by atoms with E-state index in [9.17, 15) is 9.18 Å². The maximum absolute atomic E-state index is 13.8. The van der Waals surface area contributed by atoms with E-state index in [1.54, 1.807) is 25.1 Å². The molecule has 3 aromatic carbocycles. The fourth-order valence-electron chi connectivity index (χ4n) is 3.88. The topological polar surface area (TPSA) is 119 Å². The number of benzene rings is 3. The van der Waals surface area contributed by atoms with Crippen molar-refractivity contribution in [2.75, 3.05) is 11.9 Å². The molecule has 0 spiro atoms. The summed E-state index contributed by atoms with van der Waals surface area (Å²) in [6.07, 6.45) is 0.207. The van der Waals surface area contributed by atoms with Crippen molar-refractivity contribution in [3.63, 3.8) is 0 Å². The lowest BCUT2D eigenvalue weighted by atomic mass is 10.0. The van der Waals surface area contributed by atoms with Gasteiger partial charge in [0.05, 0.1) is 6.61 Å². The van der Waals surface area contributed by atoms with Gasteiger partial charge in [0.25, 0.3) is 0 Å². The summed E-state index contributed by atoms with van der Waals surface area (Å²) in [4.78, 5) is 12.4. The van der Waals surface area contributed by atoms with E-state index in [4.69, 9.17) is 9.26 Å². The predicted octanol–water partition coefficient (Wildman–Crippen LogP) is 5.35. The lowest BCUT2D eigenvalue weighted by Gasteiger charge is -2.09. The first kappa shape index (κ1) is 23.9. The number of carbonyl (C=O) groups is 1. The number of rotatable bonds is 8. The molecule has 186 valence electrons. The van der Waals surface area contributed by atoms with Gasteiger partial charge in [-0.1, -0.05) is 77.1 Å². The van der Waals surface area contributed by atoms with Crippen LogP contribution in [-0.4, -0.2) is 38.5 Å². The quantitative estimate of drug-likeness (QED) is 0.296. The molecule has 0 bridgehead atoms. The van der Waals surface area contributed by atoms with Crippen LogP contribution in [0.5, 0.6) is 0 Å². The van der Waals surface area contributed by atoms with E-state index in [-0.39, 0.29) is 18.8 Å². The van der Waals surface area contributed by atoms with Crippen LogP contribution < -0.4 is 5.32 Å². The van der Waals surface area contributed by atoms with E-state index < -0.39 is 6.09 Å². The number of nitrogens with zero attached hydrogens (tertiary/aromatic N) is 4. The average molecular weight is 499 g/mol. The molecule has 0 saturated carbocycles. The first-order valence-electron chi connectivity index (χ1n) is 11.6. The fourth-order valence-corrected chi connectivity index (χ4v) is 3.88. The lowest BCUT2D eigenvalue weighted by Crippen LogP contribution is -2.16. The first-order chi connectivity index (χ1) is 18.1. The molecule has 1 amide bonds. The maximum atomic E-state index is 13.8. The molecule has 0 aliphatic rings. The molecule has 0 unspecified atom stereocenters. The number of hydrogen-bond donors (Lipinski definition) is 2. The van der Waals surface area contributed by atoms with Gasteiger partial charge in [-0.3, -0.25) is 5.32 Å². The number of hydrogen-bond acceptors (Lipinski definition) is 7. The highest BCUT2D eigenvalue weighted by Gasteiger charge is 2.18. The second-order valence-electron chi connectivity index (χ2n) is 8.34. The Morgan fingerprint density at radius 1 is 1.00 bits per heavy atom. The lowest BCUT2D eigenvalue weighted by molar-refractivity contribution is 0.162. The SMILES string of the molecule is Cc1onc(-c2ccc(-c3ccc(Cc4nn[nH]n4)cc3)cc2)c1NC(=O)OCCc1ccccc1F. The minimum Gasteiger partial charge on any atom is -0.449 e. The zero-order valence-corrected chi connectivity index (χ0v) is 19.9. The predicted molar refractivity (Wildman–Crippen MR) is 134 cm³/mol. The number of nitrogens with one attached hydrogen (secondary N) is 2. The minimum atomic E-state index is -0.665. The summed E-state index contributed by atoms with van der Waals surface area (Å²) in [5.74, 6) is 0.757. The van der Waals surface area contributed by atoms with Crippen molar-refractivity contribution in [1.82, 2.24) is 25.8 Å². The number of halogens is 1. The molecule has 0 aliphatic carbocycles. The maximum Gasteiger partial charge on any atom is 0.411 e. The van der Waals surface area contributed by atoms with Crippen molar-refractivity contribution in [2.45, 2.75) is 19.8 Å². The third-order valence-corrected chi connectivity index (χ3v) is 5.85. The summed E-state index contributed by atoms with van der Waals surface area (Å²) in [6, 6.07) is 22.3. The van der Waals surface area contributed by atoms with Gasteiger partial charge >= 0.3 is 6.09 Å². The molecule has 0 aliphatic heterocycles. The van der Waals surface area contributed by atoms with E-state index in [2.05, 4.69) is 31.1 Å². The highest BCUT2D eigenvalue weighted by molar-refractivity contribution is 5.91. The highest BCUT2D eigenvalue weighted by Crippen LogP contribution is 2.32. The zero-order chi connectivity index (χ0) is 25.6. The van der Waals surface area contributed by atoms with E-state index >= 15 is 0 Å². The largest absolute Gasteiger partial charge is 0.449 e. The van der Waals surface area contributed by atoms with Gasteiger partial charge in [-0.05, 0) is 35.2 Å². The summed E-state index contributed by atoms with van der Waals surface area (Å²) >= 11 is 0. The standard InChI is InChI=1S/C27H23FN6O3/c1-17-25(29-27(35)36-15-14-21-4-2-3-5-23(21)28)26(32-37-17)22-12-10-20(11-13-22)19-8-6-18(7-9-19)16-24-30-33-34-31-24/h2-13H,14-16H2,1H3,(H,29,35)(H,30,31,33,34). The number of aromatic nitrogens is 5. The molecule has 5 rings (SSSR count). The number of aryl methyl sites for hydroxylation is 1. The van der Waals surface area contributed by atoms with Gasteiger partial charge in [-0.25, -0.2) is 9.18 Å². The van der Waals surface area contributed by atoms with Gasteiger partial charge in [-0.15, -0.1) is 10.2 Å². The number of anilines is 1. The Labute approximate surface area is 211 Å². The van der Waals surface area contributed by atoms with Crippen molar-refractivity contribution < 1.29 is 18.4 Å². The van der Waals surface area contributed by atoms with Crippen LogP contribution in [0.1, 0.15) is 22.7 Å². The zero-order valence-electron chi connectivity index (χ0n) is 19.9. The summed E-state index contributed by atoms with van der Waals surface area (Å²) in [5, 5.41) is 20.8.